The Morgan fingerprint density at radius 1 is 1.07 bits per heavy atom. The van der Waals surface area contributed by atoms with Gasteiger partial charge in [-0.1, -0.05) is 50.6 Å². The van der Waals surface area contributed by atoms with Gasteiger partial charge in [0.05, 0.1) is 37.4 Å². The average Bonchev–Trinajstić information content (AvgIpc) is 2.66. The van der Waals surface area contributed by atoms with E-state index in [2.05, 4.69) is 26.0 Å². The molecule has 1 N–H and O–H groups in total. The van der Waals surface area contributed by atoms with Crippen LogP contribution in [0.3, 0.4) is 0 Å². The first-order valence-corrected chi connectivity index (χ1v) is 11.2. The number of aliphatic hydroxyl groups is 1. The van der Waals surface area contributed by atoms with Crippen LogP contribution in [-0.2, 0) is 25.6 Å². The molecule has 2 saturated heterocycles. The number of cyclic esters (lactones) is 1. The van der Waals surface area contributed by atoms with Crippen molar-refractivity contribution in [3.05, 3.63) is 35.9 Å². The van der Waals surface area contributed by atoms with E-state index in [1.54, 1.807) is 0 Å². The van der Waals surface area contributed by atoms with Crippen molar-refractivity contribution >= 4 is 5.97 Å². The predicted molar refractivity (Wildman–Crippen MR) is 111 cm³/mol. The first-order chi connectivity index (χ1) is 14.0. The molecule has 2 fully saturated rings. The maximum Gasteiger partial charge on any atom is 0.308 e. The Labute approximate surface area is 174 Å². The second kappa shape index (κ2) is 11.1. The second-order valence-electron chi connectivity index (χ2n) is 8.84. The molecule has 162 valence electrons. The Morgan fingerprint density at radius 2 is 1.83 bits per heavy atom. The van der Waals surface area contributed by atoms with Gasteiger partial charge in [-0.15, -0.1) is 0 Å². The van der Waals surface area contributed by atoms with Crippen LogP contribution in [0, 0.1) is 5.92 Å². The molecule has 2 heterocycles. The quantitative estimate of drug-likeness (QED) is 0.737. The Morgan fingerprint density at radius 3 is 2.59 bits per heavy atom. The van der Waals surface area contributed by atoms with Crippen molar-refractivity contribution < 1.29 is 24.1 Å². The van der Waals surface area contributed by atoms with E-state index >= 15 is 0 Å². The van der Waals surface area contributed by atoms with Crippen molar-refractivity contribution in [1.82, 2.24) is 0 Å². The SMILES string of the molecule is CCC[C@H]1C[C@@H](O)C[C@H](C)C[C@@H]2C[C@H](OCc3ccccc3)C[C@H](CC(=O)O1)O2. The van der Waals surface area contributed by atoms with Crippen LogP contribution in [0.1, 0.15) is 70.8 Å². The molecule has 5 nitrogen and oxygen atoms in total. The van der Waals surface area contributed by atoms with Gasteiger partial charge in [-0.3, -0.25) is 4.79 Å². The number of hydrogen-bond acceptors (Lipinski definition) is 5. The number of esters is 1. The van der Waals surface area contributed by atoms with Crippen molar-refractivity contribution in [3.63, 3.8) is 0 Å². The Balaban J connectivity index is 1.65. The summed E-state index contributed by atoms with van der Waals surface area (Å²) in [6, 6.07) is 10.2. The molecule has 1 aromatic carbocycles. The van der Waals surface area contributed by atoms with E-state index in [0.29, 0.717) is 31.8 Å². The lowest BCUT2D eigenvalue weighted by atomic mass is 9.89. The fraction of sp³-hybridized carbons (Fsp3) is 0.708. The largest absolute Gasteiger partial charge is 0.462 e. The smallest absolute Gasteiger partial charge is 0.308 e. The molecule has 5 heteroatoms. The van der Waals surface area contributed by atoms with Gasteiger partial charge < -0.3 is 19.3 Å². The fourth-order valence-electron chi connectivity index (χ4n) is 4.65. The molecule has 0 amide bonds. The highest BCUT2D eigenvalue weighted by Crippen LogP contribution is 2.31. The molecule has 1 aromatic rings. The summed E-state index contributed by atoms with van der Waals surface area (Å²) in [6.45, 7) is 4.81. The lowest BCUT2D eigenvalue weighted by molar-refractivity contribution is -0.164. The summed E-state index contributed by atoms with van der Waals surface area (Å²) >= 11 is 0. The van der Waals surface area contributed by atoms with Gasteiger partial charge in [-0.2, -0.15) is 0 Å². The van der Waals surface area contributed by atoms with E-state index in [1.807, 2.05) is 18.2 Å². The number of rotatable bonds is 5. The maximum atomic E-state index is 12.5. The number of aliphatic hydroxyl groups excluding tert-OH is 1. The molecule has 0 aromatic heterocycles. The number of ether oxygens (including phenoxy) is 3. The Hall–Kier alpha value is -1.43. The minimum Gasteiger partial charge on any atom is -0.462 e. The molecule has 29 heavy (non-hydrogen) atoms. The summed E-state index contributed by atoms with van der Waals surface area (Å²) in [5.41, 5.74) is 1.15. The third-order valence-corrected chi connectivity index (χ3v) is 5.94. The fourth-order valence-corrected chi connectivity index (χ4v) is 4.65. The van der Waals surface area contributed by atoms with Crippen LogP contribution in [-0.4, -0.2) is 41.6 Å². The van der Waals surface area contributed by atoms with Crippen LogP contribution < -0.4 is 0 Å². The third-order valence-electron chi connectivity index (χ3n) is 5.94. The van der Waals surface area contributed by atoms with Gasteiger partial charge in [-0.25, -0.2) is 0 Å². The summed E-state index contributed by atoms with van der Waals surface area (Å²) in [5.74, 6) is 0.123. The lowest BCUT2D eigenvalue weighted by Crippen LogP contribution is -2.40. The molecule has 0 saturated carbocycles. The highest BCUT2D eigenvalue weighted by molar-refractivity contribution is 5.70. The van der Waals surface area contributed by atoms with E-state index in [1.165, 1.54) is 0 Å². The zero-order valence-electron chi connectivity index (χ0n) is 17.8. The van der Waals surface area contributed by atoms with Gasteiger partial charge >= 0.3 is 5.97 Å². The van der Waals surface area contributed by atoms with Crippen LogP contribution in [0.2, 0.25) is 0 Å². The number of carbonyl (C=O) groups is 1. The number of benzene rings is 1. The molecule has 0 radical (unpaired) electrons. The lowest BCUT2D eigenvalue weighted by Gasteiger charge is -2.37. The van der Waals surface area contributed by atoms with Crippen molar-refractivity contribution in [2.45, 2.75) is 102 Å². The highest BCUT2D eigenvalue weighted by atomic mass is 16.6. The molecule has 2 bridgehead atoms. The normalized spacial score (nSPS) is 34.0. The topological polar surface area (TPSA) is 65.0 Å². The molecule has 0 unspecified atom stereocenters. The van der Waals surface area contributed by atoms with Gasteiger partial charge in [0.15, 0.2) is 0 Å². The van der Waals surface area contributed by atoms with Crippen LogP contribution in [0.4, 0.5) is 0 Å². The van der Waals surface area contributed by atoms with Gasteiger partial charge in [0.25, 0.3) is 0 Å². The molecule has 2 aliphatic rings. The first-order valence-electron chi connectivity index (χ1n) is 11.2. The minimum absolute atomic E-state index is 0.0513. The van der Waals surface area contributed by atoms with Gasteiger partial charge in [-0.05, 0) is 37.2 Å². The summed E-state index contributed by atoms with van der Waals surface area (Å²) in [7, 11) is 0. The van der Waals surface area contributed by atoms with E-state index in [0.717, 1.165) is 31.2 Å². The summed E-state index contributed by atoms with van der Waals surface area (Å²) < 4.78 is 18.2. The van der Waals surface area contributed by atoms with E-state index < -0.39 is 6.10 Å². The Bertz CT molecular complexity index is 619. The van der Waals surface area contributed by atoms with E-state index in [4.69, 9.17) is 14.2 Å². The molecule has 3 rings (SSSR count). The second-order valence-corrected chi connectivity index (χ2v) is 8.84. The van der Waals surface area contributed by atoms with Crippen molar-refractivity contribution in [1.29, 1.82) is 0 Å². The Kier molecular flexibility index (Phi) is 8.52. The van der Waals surface area contributed by atoms with Crippen LogP contribution in [0.25, 0.3) is 0 Å². The van der Waals surface area contributed by atoms with Gasteiger partial charge in [0.2, 0.25) is 0 Å². The van der Waals surface area contributed by atoms with E-state index in [-0.39, 0.29) is 36.8 Å². The molecular formula is C24H36O5. The number of carbonyl (C=O) groups excluding carboxylic acids is 1. The minimum atomic E-state index is -0.446. The van der Waals surface area contributed by atoms with Crippen LogP contribution in [0.15, 0.2) is 30.3 Å². The molecule has 2 aliphatic heterocycles. The highest BCUT2D eigenvalue weighted by Gasteiger charge is 2.34. The standard InChI is InChI=1S/C24H36O5/c1-3-7-20-12-19(25)10-17(2)11-22-13-21(14-23(28-22)15-24(26)29-20)27-16-18-8-5-4-6-9-18/h4-6,8-9,17,19-23,25H,3,7,10-16H2,1-2H3/t17-,19-,20-,21-,22+,23+/m0/s1. The maximum absolute atomic E-state index is 12.5. The molecular weight excluding hydrogens is 368 g/mol. The third kappa shape index (κ3) is 7.40. The first kappa shape index (κ1) is 22.3. The summed E-state index contributed by atoms with van der Waals surface area (Å²) in [5, 5.41) is 10.5. The van der Waals surface area contributed by atoms with Crippen LogP contribution in [0.5, 0.6) is 0 Å². The molecule has 0 spiro atoms. The van der Waals surface area contributed by atoms with Gasteiger partial charge in [0, 0.05) is 12.8 Å². The predicted octanol–water partition coefficient (Wildman–Crippen LogP) is 4.40. The molecule has 0 aliphatic carbocycles. The van der Waals surface area contributed by atoms with Crippen molar-refractivity contribution in [3.8, 4) is 0 Å². The average molecular weight is 405 g/mol. The van der Waals surface area contributed by atoms with Gasteiger partial charge in [0.1, 0.15) is 6.10 Å². The number of fused-ring (bicyclic) bond motifs is 2. The zero-order valence-corrected chi connectivity index (χ0v) is 17.8. The summed E-state index contributed by atoms with van der Waals surface area (Å²) in [6.07, 6.45) is 4.93. The number of hydrogen-bond donors (Lipinski definition) is 1. The zero-order chi connectivity index (χ0) is 20.6. The monoisotopic (exact) mass is 404 g/mol. The van der Waals surface area contributed by atoms with Crippen molar-refractivity contribution in [2.75, 3.05) is 0 Å². The van der Waals surface area contributed by atoms with Crippen molar-refractivity contribution in [2.24, 2.45) is 5.92 Å². The van der Waals surface area contributed by atoms with E-state index in [9.17, 15) is 9.90 Å². The van der Waals surface area contributed by atoms with Crippen LogP contribution >= 0.6 is 0 Å². The molecule has 6 atom stereocenters. The summed E-state index contributed by atoms with van der Waals surface area (Å²) in [4.78, 5) is 12.5.